The summed E-state index contributed by atoms with van der Waals surface area (Å²) in [6.45, 7) is 1.66. The van der Waals surface area contributed by atoms with E-state index >= 15 is 0 Å². The highest BCUT2D eigenvalue weighted by Crippen LogP contribution is 2.02. The van der Waals surface area contributed by atoms with Crippen molar-refractivity contribution < 1.29 is 14.0 Å². The van der Waals surface area contributed by atoms with Crippen molar-refractivity contribution in [3.05, 3.63) is 35.6 Å². The first kappa shape index (κ1) is 13.3. The summed E-state index contributed by atoms with van der Waals surface area (Å²) in [5, 5.41) is 5.40. The van der Waals surface area contributed by atoms with Crippen molar-refractivity contribution in [3.63, 3.8) is 0 Å². The molecule has 1 amide bonds. The average molecular weight is 238 g/mol. The minimum Gasteiger partial charge on any atom is -0.350 e. The van der Waals surface area contributed by atoms with E-state index in [1.165, 1.54) is 31.2 Å². The number of ketones is 1. The standard InChI is InChI=1S/C12H15FN2O2/c1-8(16)11(14-2)7-15-12(17)9-3-5-10(13)6-4-9/h3-6,11,14H,7H2,1-2H3,(H,15,17)/t11-/m0/s1. The van der Waals surface area contributed by atoms with Crippen LogP contribution in [0.3, 0.4) is 0 Å². The van der Waals surface area contributed by atoms with Gasteiger partial charge >= 0.3 is 0 Å². The van der Waals surface area contributed by atoms with Gasteiger partial charge in [0.15, 0.2) is 0 Å². The number of hydrogen-bond acceptors (Lipinski definition) is 3. The van der Waals surface area contributed by atoms with Gasteiger partial charge in [0.1, 0.15) is 11.6 Å². The van der Waals surface area contributed by atoms with Gasteiger partial charge in [-0.05, 0) is 38.2 Å². The van der Waals surface area contributed by atoms with Crippen molar-refractivity contribution in [3.8, 4) is 0 Å². The first-order valence-corrected chi connectivity index (χ1v) is 5.26. The maximum Gasteiger partial charge on any atom is 0.251 e. The predicted molar refractivity (Wildman–Crippen MR) is 62.3 cm³/mol. The number of carbonyl (C=O) groups excluding carboxylic acids is 2. The first-order valence-electron chi connectivity index (χ1n) is 5.26. The van der Waals surface area contributed by atoms with Crippen LogP contribution in [0, 0.1) is 5.82 Å². The fourth-order valence-electron chi connectivity index (χ4n) is 1.35. The lowest BCUT2D eigenvalue weighted by molar-refractivity contribution is -0.118. The van der Waals surface area contributed by atoms with Gasteiger partial charge in [-0.2, -0.15) is 0 Å². The zero-order valence-corrected chi connectivity index (χ0v) is 9.79. The third kappa shape index (κ3) is 3.96. The maximum atomic E-state index is 12.6. The number of rotatable bonds is 5. The summed E-state index contributed by atoms with van der Waals surface area (Å²) in [6, 6.07) is 4.82. The number of likely N-dealkylation sites (N-methyl/N-ethyl adjacent to an activating group) is 1. The molecule has 0 heterocycles. The smallest absolute Gasteiger partial charge is 0.251 e. The molecule has 0 aliphatic heterocycles. The second kappa shape index (κ2) is 6.10. The molecule has 1 atom stereocenters. The predicted octanol–water partition coefficient (Wildman–Crippen LogP) is 0.732. The second-order valence-electron chi connectivity index (χ2n) is 3.67. The largest absolute Gasteiger partial charge is 0.350 e. The molecule has 4 nitrogen and oxygen atoms in total. The van der Waals surface area contributed by atoms with Crippen molar-refractivity contribution in [1.29, 1.82) is 0 Å². The SMILES string of the molecule is CN[C@@H](CNC(=O)c1ccc(F)cc1)C(C)=O. The Morgan fingerprint density at radius 3 is 2.35 bits per heavy atom. The van der Waals surface area contributed by atoms with E-state index in [0.29, 0.717) is 5.56 Å². The molecule has 0 spiro atoms. The molecule has 0 saturated heterocycles. The summed E-state index contributed by atoms with van der Waals surface area (Å²) in [5.74, 6) is -0.767. The Labute approximate surface area is 99.2 Å². The van der Waals surface area contributed by atoms with E-state index in [-0.39, 0.29) is 18.2 Å². The Morgan fingerprint density at radius 1 is 1.29 bits per heavy atom. The number of nitrogens with one attached hydrogen (secondary N) is 2. The molecule has 1 rings (SSSR count). The van der Waals surface area contributed by atoms with Gasteiger partial charge in [-0.25, -0.2) is 4.39 Å². The highest BCUT2D eigenvalue weighted by Gasteiger charge is 2.13. The van der Waals surface area contributed by atoms with Crippen LogP contribution in [0.15, 0.2) is 24.3 Å². The fourth-order valence-corrected chi connectivity index (χ4v) is 1.35. The summed E-state index contributed by atoms with van der Waals surface area (Å²) in [5.41, 5.74) is 0.366. The number of hydrogen-bond donors (Lipinski definition) is 2. The minimum absolute atomic E-state index is 0.0492. The molecule has 0 unspecified atom stereocenters. The quantitative estimate of drug-likeness (QED) is 0.795. The van der Waals surface area contributed by atoms with Crippen LogP contribution >= 0.6 is 0 Å². The zero-order valence-electron chi connectivity index (χ0n) is 9.79. The Bertz CT molecular complexity index is 403. The normalized spacial score (nSPS) is 11.9. The van der Waals surface area contributed by atoms with Gasteiger partial charge in [0.2, 0.25) is 0 Å². The second-order valence-corrected chi connectivity index (χ2v) is 3.67. The Morgan fingerprint density at radius 2 is 1.88 bits per heavy atom. The lowest BCUT2D eigenvalue weighted by Crippen LogP contribution is -2.43. The van der Waals surface area contributed by atoms with Gasteiger partial charge < -0.3 is 10.6 Å². The van der Waals surface area contributed by atoms with Crippen molar-refractivity contribution >= 4 is 11.7 Å². The summed E-state index contributed by atoms with van der Waals surface area (Å²) < 4.78 is 12.6. The number of carbonyl (C=O) groups is 2. The summed E-state index contributed by atoms with van der Waals surface area (Å²) in [7, 11) is 1.65. The first-order chi connectivity index (χ1) is 8.04. The molecule has 0 aromatic heterocycles. The molecule has 2 N–H and O–H groups in total. The van der Waals surface area contributed by atoms with Crippen LogP contribution in [0.5, 0.6) is 0 Å². The van der Waals surface area contributed by atoms with Gasteiger partial charge in [0.25, 0.3) is 5.91 Å². The van der Waals surface area contributed by atoms with Crippen LogP contribution in [0.4, 0.5) is 4.39 Å². The third-order valence-corrected chi connectivity index (χ3v) is 2.41. The monoisotopic (exact) mass is 238 g/mol. The number of halogens is 1. The van der Waals surface area contributed by atoms with E-state index in [2.05, 4.69) is 10.6 Å². The van der Waals surface area contributed by atoms with Crippen LogP contribution in [-0.4, -0.2) is 31.3 Å². The van der Waals surface area contributed by atoms with Crippen LogP contribution < -0.4 is 10.6 Å². The van der Waals surface area contributed by atoms with Gasteiger partial charge in [0, 0.05) is 12.1 Å². The Hall–Kier alpha value is -1.75. The van der Waals surface area contributed by atoms with Crippen LogP contribution in [0.1, 0.15) is 17.3 Å². The molecule has 0 aliphatic carbocycles. The van der Waals surface area contributed by atoms with Gasteiger partial charge in [-0.3, -0.25) is 9.59 Å². The van der Waals surface area contributed by atoms with Crippen LogP contribution in [0.2, 0.25) is 0 Å². The van der Waals surface area contributed by atoms with E-state index in [1.54, 1.807) is 7.05 Å². The molecule has 92 valence electrons. The number of Topliss-reactive ketones (excluding diaryl/α,β-unsaturated/α-hetero) is 1. The van der Waals surface area contributed by atoms with Crippen LogP contribution in [-0.2, 0) is 4.79 Å². The highest BCUT2D eigenvalue weighted by molar-refractivity contribution is 5.94. The summed E-state index contributed by atoms with van der Waals surface area (Å²) in [4.78, 5) is 22.7. The van der Waals surface area contributed by atoms with E-state index < -0.39 is 11.9 Å². The van der Waals surface area contributed by atoms with E-state index in [4.69, 9.17) is 0 Å². The van der Waals surface area contributed by atoms with E-state index in [1.807, 2.05) is 0 Å². The van der Waals surface area contributed by atoms with Gasteiger partial charge in [-0.1, -0.05) is 0 Å². The Balaban J connectivity index is 2.55. The summed E-state index contributed by atoms with van der Waals surface area (Å²) in [6.07, 6.45) is 0. The third-order valence-electron chi connectivity index (χ3n) is 2.41. The van der Waals surface area contributed by atoms with Gasteiger partial charge in [-0.15, -0.1) is 0 Å². The average Bonchev–Trinajstić information content (AvgIpc) is 2.30. The maximum absolute atomic E-state index is 12.6. The van der Waals surface area contributed by atoms with E-state index in [9.17, 15) is 14.0 Å². The molecular formula is C12H15FN2O2. The van der Waals surface area contributed by atoms with Crippen molar-refractivity contribution in [2.24, 2.45) is 0 Å². The number of amides is 1. The molecule has 0 saturated carbocycles. The lowest BCUT2D eigenvalue weighted by atomic mass is 10.2. The fraction of sp³-hybridized carbons (Fsp3) is 0.333. The van der Waals surface area contributed by atoms with Crippen LogP contribution in [0.25, 0.3) is 0 Å². The minimum atomic E-state index is -0.403. The molecular weight excluding hydrogens is 223 g/mol. The molecule has 1 aromatic rings. The van der Waals surface area contributed by atoms with Gasteiger partial charge in [0.05, 0.1) is 6.04 Å². The molecule has 1 aromatic carbocycles. The zero-order chi connectivity index (χ0) is 12.8. The molecule has 0 radical (unpaired) electrons. The molecule has 0 aliphatic rings. The molecule has 5 heteroatoms. The van der Waals surface area contributed by atoms with Crippen molar-refractivity contribution in [1.82, 2.24) is 10.6 Å². The number of benzene rings is 1. The highest BCUT2D eigenvalue weighted by atomic mass is 19.1. The van der Waals surface area contributed by atoms with Crippen molar-refractivity contribution in [2.75, 3.05) is 13.6 Å². The Kier molecular flexibility index (Phi) is 4.78. The lowest BCUT2D eigenvalue weighted by Gasteiger charge is -2.13. The molecule has 17 heavy (non-hydrogen) atoms. The molecule has 0 fully saturated rings. The topological polar surface area (TPSA) is 58.2 Å². The summed E-state index contributed by atoms with van der Waals surface area (Å²) >= 11 is 0. The van der Waals surface area contributed by atoms with E-state index in [0.717, 1.165) is 0 Å². The van der Waals surface area contributed by atoms with Crippen molar-refractivity contribution in [2.45, 2.75) is 13.0 Å². The molecule has 0 bridgehead atoms.